The molecular weight excluding hydrogens is 132 g/mol. The fourth-order valence-electron chi connectivity index (χ4n) is 1.16. The molecule has 0 spiro atoms. The Labute approximate surface area is 68.6 Å². The molecule has 1 aromatic carbocycles. The van der Waals surface area contributed by atoms with Crippen LogP contribution in [-0.2, 0) is 6.42 Å². The molecular formula is C11H13. The number of hydrogen-bond acceptors (Lipinski definition) is 0. The lowest BCUT2D eigenvalue weighted by molar-refractivity contribution is 0.919. The van der Waals surface area contributed by atoms with Gasteiger partial charge in [-0.15, -0.1) is 0 Å². The van der Waals surface area contributed by atoms with Gasteiger partial charge in [0.1, 0.15) is 0 Å². The molecule has 0 amide bonds. The van der Waals surface area contributed by atoms with E-state index in [2.05, 4.69) is 25.6 Å². The molecule has 1 rings (SSSR count). The highest BCUT2D eigenvalue weighted by atomic mass is 14.0. The van der Waals surface area contributed by atoms with Crippen LogP contribution in [0.15, 0.2) is 24.8 Å². The summed E-state index contributed by atoms with van der Waals surface area (Å²) in [6.07, 6.45) is 4.21. The third-order valence-corrected chi connectivity index (χ3v) is 1.73. The molecule has 0 saturated carbocycles. The lowest BCUT2D eigenvalue weighted by Gasteiger charge is -2.01. The van der Waals surface area contributed by atoms with Crippen molar-refractivity contribution in [3.63, 3.8) is 0 Å². The van der Waals surface area contributed by atoms with Crippen molar-refractivity contribution in [2.45, 2.75) is 19.8 Å². The van der Waals surface area contributed by atoms with Gasteiger partial charge in [-0.05, 0) is 29.7 Å². The molecule has 0 heterocycles. The van der Waals surface area contributed by atoms with E-state index >= 15 is 0 Å². The first kappa shape index (κ1) is 8.06. The normalized spacial score (nSPS) is 9.55. The first-order valence-corrected chi connectivity index (χ1v) is 4.00. The zero-order valence-corrected chi connectivity index (χ0v) is 6.93. The van der Waals surface area contributed by atoms with E-state index < -0.39 is 0 Å². The fourth-order valence-corrected chi connectivity index (χ4v) is 1.16. The van der Waals surface area contributed by atoms with Crippen LogP contribution in [0.2, 0.25) is 0 Å². The number of rotatable bonds is 3. The molecule has 0 aromatic heterocycles. The SMILES string of the molecule is C=Cc1c[c]ccc1CCC. The topological polar surface area (TPSA) is 0 Å². The van der Waals surface area contributed by atoms with Crippen molar-refractivity contribution in [1.29, 1.82) is 0 Å². The zero-order valence-electron chi connectivity index (χ0n) is 6.93. The Morgan fingerprint density at radius 2 is 2.45 bits per heavy atom. The van der Waals surface area contributed by atoms with Crippen LogP contribution in [0.5, 0.6) is 0 Å². The lowest BCUT2D eigenvalue weighted by atomic mass is 10.0. The van der Waals surface area contributed by atoms with E-state index in [4.69, 9.17) is 0 Å². The van der Waals surface area contributed by atoms with E-state index in [1.165, 1.54) is 17.5 Å². The summed E-state index contributed by atoms with van der Waals surface area (Å²) in [6.45, 7) is 5.94. The van der Waals surface area contributed by atoms with Gasteiger partial charge in [0, 0.05) is 0 Å². The molecule has 0 heteroatoms. The molecule has 0 atom stereocenters. The molecule has 0 saturated heterocycles. The van der Waals surface area contributed by atoms with Gasteiger partial charge < -0.3 is 0 Å². The van der Waals surface area contributed by atoms with Gasteiger partial charge in [-0.1, -0.05) is 38.1 Å². The summed E-state index contributed by atoms with van der Waals surface area (Å²) >= 11 is 0. The van der Waals surface area contributed by atoms with Crippen LogP contribution >= 0.6 is 0 Å². The largest absolute Gasteiger partial charge is 0.0985 e. The molecule has 0 N–H and O–H groups in total. The molecule has 57 valence electrons. The van der Waals surface area contributed by atoms with Crippen molar-refractivity contribution < 1.29 is 0 Å². The highest BCUT2D eigenvalue weighted by molar-refractivity contribution is 5.51. The highest BCUT2D eigenvalue weighted by Crippen LogP contribution is 2.11. The van der Waals surface area contributed by atoms with Gasteiger partial charge in [-0.3, -0.25) is 0 Å². The Balaban J connectivity index is 2.92. The number of hydrogen-bond donors (Lipinski definition) is 0. The van der Waals surface area contributed by atoms with Gasteiger partial charge in [0.05, 0.1) is 0 Å². The average Bonchev–Trinajstić information content (AvgIpc) is 2.06. The Bertz CT molecular complexity index is 236. The van der Waals surface area contributed by atoms with Crippen molar-refractivity contribution in [2.24, 2.45) is 0 Å². The van der Waals surface area contributed by atoms with Crippen molar-refractivity contribution in [2.75, 3.05) is 0 Å². The summed E-state index contributed by atoms with van der Waals surface area (Å²) in [5.41, 5.74) is 2.59. The van der Waals surface area contributed by atoms with Gasteiger partial charge >= 0.3 is 0 Å². The molecule has 0 nitrogen and oxygen atoms in total. The van der Waals surface area contributed by atoms with Crippen molar-refractivity contribution in [1.82, 2.24) is 0 Å². The van der Waals surface area contributed by atoms with E-state index in [1.807, 2.05) is 18.2 Å². The smallest absolute Gasteiger partial charge is 0.0178 e. The van der Waals surface area contributed by atoms with Crippen LogP contribution in [-0.4, -0.2) is 0 Å². The minimum absolute atomic E-state index is 1.13. The minimum atomic E-state index is 1.13. The standard InChI is InChI=1S/C11H13/c1-3-7-11-9-6-5-8-10(11)4-2/h4,6,8-9H,2-3,7H2,1H3. The summed E-state index contributed by atoms with van der Waals surface area (Å²) in [4.78, 5) is 0. The third-order valence-electron chi connectivity index (χ3n) is 1.73. The Morgan fingerprint density at radius 1 is 1.64 bits per heavy atom. The maximum atomic E-state index is 3.75. The molecule has 0 bridgehead atoms. The highest BCUT2D eigenvalue weighted by Gasteiger charge is 1.94. The van der Waals surface area contributed by atoms with Gasteiger partial charge in [-0.25, -0.2) is 0 Å². The Kier molecular flexibility index (Phi) is 2.91. The van der Waals surface area contributed by atoms with Crippen molar-refractivity contribution in [3.8, 4) is 0 Å². The Morgan fingerprint density at radius 3 is 3.09 bits per heavy atom. The van der Waals surface area contributed by atoms with Gasteiger partial charge in [-0.2, -0.15) is 0 Å². The zero-order chi connectivity index (χ0) is 8.10. The second kappa shape index (κ2) is 3.97. The van der Waals surface area contributed by atoms with E-state index in [0.717, 1.165) is 6.42 Å². The lowest BCUT2D eigenvalue weighted by Crippen LogP contribution is -1.86. The van der Waals surface area contributed by atoms with Gasteiger partial charge in [0.25, 0.3) is 0 Å². The van der Waals surface area contributed by atoms with Gasteiger partial charge in [0.15, 0.2) is 0 Å². The molecule has 1 aromatic rings. The number of benzene rings is 1. The van der Waals surface area contributed by atoms with Crippen LogP contribution in [0.25, 0.3) is 6.08 Å². The summed E-state index contributed by atoms with van der Waals surface area (Å²) in [6, 6.07) is 9.09. The third kappa shape index (κ3) is 1.94. The molecule has 11 heavy (non-hydrogen) atoms. The van der Waals surface area contributed by atoms with Crippen LogP contribution in [0.1, 0.15) is 24.5 Å². The molecule has 1 radical (unpaired) electrons. The second-order valence-electron chi connectivity index (χ2n) is 2.58. The Hall–Kier alpha value is -1.04. The van der Waals surface area contributed by atoms with Crippen LogP contribution in [0.4, 0.5) is 0 Å². The molecule has 0 fully saturated rings. The van der Waals surface area contributed by atoms with Gasteiger partial charge in [0.2, 0.25) is 0 Å². The molecule has 0 unspecified atom stereocenters. The van der Waals surface area contributed by atoms with Crippen LogP contribution < -0.4 is 0 Å². The monoisotopic (exact) mass is 145 g/mol. The van der Waals surface area contributed by atoms with E-state index in [9.17, 15) is 0 Å². The first-order valence-electron chi connectivity index (χ1n) is 4.00. The van der Waals surface area contributed by atoms with E-state index in [0.29, 0.717) is 0 Å². The summed E-state index contributed by atoms with van der Waals surface area (Å²) in [5.74, 6) is 0. The second-order valence-corrected chi connectivity index (χ2v) is 2.58. The summed E-state index contributed by atoms with van der Waals surface area (Å²) in [7, 11) is 0. The summed E-state index contributed by atoms with van der Waals surface area (Å²) in [5, 5.41) is 0. The van der Waals surface area contributed by atoms with Crippen molar-refractivity contribution >= 4 is 6.08 Å². The van der Waals surface area contributed by atoms with E-state index in [-0.39, 0.29) is 0 Å². The molecule has 0 aliphatic rings. The maximum Gasteiger partial charge on any atom is -0.0178 e. The van der Waals surface area contributed by atoms with E-state index in [1.54, 1.807) is 0 Å². The number of aryl methyl sites for hydroxylation is 1. The summed E-state index contributed by atoms with van der Waals surface area (Å²) < 4.78 is 0. The average molecular weight is 145 g/mol. The molecule has 0 aliphatic carbocycles. The maximum absolute atomic E-state index is 3.75. The quantitative estimate of drug-likeness (QED) is 0.613. The minimum Gasteiger partial charge on any atom is -0.0985 e. The van der Waals surface area contributed by atoms with Crippen LogP contribution in [0.3, 0.4) is 0 Å². The van der Waals surface area contributed by atoms with Crippen molar-refractivity contribution in [3.05, 3.63) is 42.0 Å². The predicted octanol–water partition coefficient (Wildman–Crippen LogP) is 3.08. The molecule has 0 aliphatic heterocycles. The van der Waals surface area contributed by atoms with Crippen LogP contribution in [0, 0.1) is 6.07 Å². The predicted molar refractivity (Wildman–Crippen MR) is 49.4 cm³/mol. The fraction of sp³-hybridized carbons (Fsp3) is 0.273. The first-order chi connectivity index (χ1) is 5.38.